The summed E-state index contributed by atoms with van der Waals surface area (Å²) >= 11 is 0. The molecular weight excluding hydrogens is 667 g/mol. The van der Waals surface area contributed by atoms with Gasteiger partial charge in [-0.05, 0) is 39.0 Å². The van der Waals surface area contributed by atoms with Crippen LogP contribution < -0.4 is 42.9 Å². The molecule has 3 N–H and O–H groups in total. The summed E-state index contributed by atoms with van der Waals surface area (Å²) in [7, 11) is 0. The molecule has 5 rings (SSSR count). The van der Waals surface area contributed by atoms with E-state index >= 15 is 0 Å². The second-order valence-electron chi connectivity index (χ2n) is 11.4. The number of nitrogens with zero attached hydrogens (tertiary/aromatic N) is 5. The smallest absolute Gasteiger partial charge is 0.549 e. The van der Waals surface area contributed by atoms with Crippen LogP contribution in [0.2, 0.25) is 0 Å². The van der Waals surface area contributed by atoms with E-state index in [0.29, 0.717) is 0 Å². The maximum absolute atomic E-state index is 10.6. The molecule has 4 aromatic carbocycles. The first-order valence-electron chi connectivity index (χ1n) is 16.8. The van der Waals surface area contributed by atoms with Crippen molar-refractivity contribution in [2.45, 2.75) is 19.8 Å². The van der Waals surface area contributed by atoms with E-state index in [9.17, 15) is 9.90 Å². The van der Waals surface area contributed by atoms with E-state index in [1.54, 1.807) is 6.07 Å². The number of hydrogen-bond acceptors (Lipinski definition) is 7. The summed E-state index contributed by atoms with van der Waals surface area (Å²) in [5.74, 6) is -0.992. The third-order valence-electron chi connectivity index (χ3n) is 8.17. The van der Waals surface area contributed by atoms with Crippen LogP contribution in [0.25, 0.3) is 16.0 Å². The van der Waals surface area contributed by atoms with Crippen LogP contribution in [-0.4, -0.2) is 75.9 Å². The Bertz CT molecular complexity index is 1330. The van der Waals surface area contributed by atoms with E-state index in [0.717, 1.165) is 65.2 Å². The van der Waals surface area contributed by atoms with Crippen molar-refractivity contribution >= 4 is 34.0 Å². The maximum atomic E-state index is 10.6. The Kier molecular flexibility index (Phi) is 23.9. The van der Waals surface area contributed by atoms with E-state index in [2.05, 4.69) is 137 Å². The van der Waals surface area contributed by atoms with Gasteiger partial charge in [-0.1, -0.05) is 121 Å². The van der Waals surface area contributed by atoms with Gasteiger partial charge < -0.3 is 36.9 Å². The number of aliphatic carboxylic acids is 1. The molecule has 1 aliphatic heterocycles. The van der Waals surface area contributed by atoms with Crippen LogP contribution in [0.5, 0.6) is 0 Å². The van der Waals surface area contributed by atoms with Gasteiger partial charge in [0.25, 0.3) is 0 Å². The molecule has 0 unspecified atom stereocenters. The number of carboxylic acid groups (broad SMARTS) is 1. The van der Waals surface area contributed by atoms with Crippen LogP contribution in [0.1, 0.15) is 19.8 Å². The van der Waals surface area contributed by atoms with E-state index in [1.807, 2.05) is 4.90 Å². The van der Waals surface area contributed by atoms with E-state index < -0.39 is 12.1 Å². The normalized spacial score (nSPS) is 13.9. The Morgan fingerprint density at radius 1 is 0.680 bits per heavy atom. The fraction of sp³-hybridized carbons (Fsp3) is 0.316. The Morgan fingerprint density at radius 3 is 1.34 bits per heavy atom. The molecule has 0 aliphatic carbocycles. The standard InChI is InChI=1S/C24H20B.C12H26N4O2.C2H3N.Fe.N3/c1-5-13-21(14-6-1)25(22-15-7-2-8-16-22,23-17-9-3-10-18-23)24-19-11-4-12-20-24;17-12(18)11-16-9-2-5-14-7-6-13-3-1-4-15-8-10-16;1-2-3;;1-3-2/h1-20H;13-15H,1-11H2,(H,17,18);1H3;;/q-1;;;+3;-1/p-1. The van der Waals surface area contributed by atoms with Crippen molar-refractivity contribution in [1.82, 2.24) is 20.9 Å². The number of carboxylic acids is 1. The fourth-order valence-electron chi connectivity index (χ4n) is 6.13. The van der Waals surface area contributed by atoms with Gasteiger partial charge in [0.15, 0.2) is 0 Å². The van der Waals surface area contributed by atoms with Gasteiger partial charge in [-0.3, -0.25) is 9.81 Å². The van der Waals surface area contributed by atoms with E-state index in [4.69, 9.17) is 16.3 Å². The molecule has 0 amide bonds. The molecule has 50 heavy (non-hydrogen) atoms. The van der Waals surface area contributed by atoms with Crippen LogP contribution in [0.15, 0.2) is 121 Å². The predicted molar refractivity (Wildman–Crippen MR) is 201 cm³/mol. The van der Waals surface area contributed by atoms with Gasteiger partial charge in [-0.2, -0.15) is 27.1 Å². The molecule has 1 saturated heterocycles. The van der Waals surface area contributed by atoms with Crippen LogP contribution in [0.4, 0.5) is 0 Å². The first-order chi connectivity index (χ1) is 24.0. The van der Waals surface area contributed by atoms with Crippen molar-refractivity contribution in [1.29, 1.82) is 5.26 Å². The molecule has 10 nitrogen and oxygen atoms in total. The molecule has 0 spiro atoms. The first-order valence-corrected chi connectivity index (χ1v) is 16.8. The molecule has 0 saturated carbocycles. The molecule has 4 aromatic rings. The Labute approximate surface area is 308 Å². The summed E-state index contributed by atoms with van der Waals surface area (Å²) in [4.78, 5) is 14.1. The monoisotopic (exact) mass is 715 g/mol. The van der Waals surface area contributed by atoms with Gasteiger partial charge in [0.05, 0.1) is 12.0 Å². The average Bonchev–Trinajstić information content (AvgIpc) is 3.13. The number of nitriles is 1. The Balaban J connectivity index is 0.000000442. The number of carbonyl (C=O) groups excluding carboxylic acids is 1. The van der Waals surface area contributed by atoms with Gasteiger partial charge in [-0.15, -0.1) is 0 Å². The number of nitrogens with one attached hydrogen (secondary N) is 3. The van der Waals surface area contributed by atoms with Crippen molar-refractivity contribution in [2.75, 3.05) is 58.9 Å². The molecule has 12 heteroatoms. The van der Waals surface area contributed by atoms with E-state index in [1.165, 1.54) is 33.7 Å². The second kappa shape index (κ2) is 27.4. The molecule has 263 valence electrons. The molecule has 1 heterocycles. The van der Waals surface area contributed by atoms with Crippen LogP contribution in [-0.2, 0) is 21.9 Å². The van der Waals surface area contributed by atoms with Gasteiger partial charge in [0, 0.05) is 39.6 Å². The van der Waals surface area contributed by atoms with Crippen molar-refractivity contribution in [3.8, 4) is 6.07 Å². The zero-order chi connectivity index (χ0) is 35.4. The third kappa shape index (κ3) is 15.4. The summed E-state index contributed by atoms with van der Waals surface area (Å²) in [5, 5.41) is 28.0. The summed E-state index contributed by atoms with van der Waals surface area (Å²) in [6.07, 6.45) is 0.848. The molecular formula is C38H48BFeN8O2. The minimum absolute atomic E-state index is 0. The SMILES string of the molecule is CC#N.O=C([O-])CN1CCCNCCNCCCNCC1.[Fe+3].[N-]=[N+]=[N-].c1ccc([B-](c2ccccc2)(c2ccccc2)c2ccccc2)cc1. The van der Waals surface area contributed by atoms with Crippen LogP contribution in [0, 0.1) is 11.3 Å². The van der Waals surface area contributed by atoms with Crippen LogP contribution >= 0.6 is 0 Å². The Morgan fingerprint density at radius 2 is 1.00 bits per heavy atom. The maximum Gasteiger partial charge on any atom is 3.00 e. The van der Waals surface area contributed by atoms with E-state index in [-0.39, 0.29) is 23.6 Å². The van der Waals surface area contributed by atoms with Crippen molar-refractivity contribution in [2.24, 2.45) is 0 Å². The minimum atomic E-state index is -1.22. The van der Waals surface area contributed by atoms with Crippen molar-refractivity contribution in [3.63, 3.8) is 0 Å². The molecule has 0 bridgehead atoms. The number of rotatable bonds is 6. The van der Waals surface area contributed by atoms with Gasteiger partial charge in [0.2, 0.25) is 0 Å². The molecule has 1 aliphatic rings. The van der Waals surface area contributed by atoms with Gasteiger partial charge in [0.1, 0.15) is 6.15 Å². The summed E-state index contributed by atoms with van der Waals surface area (Å²) < 4.78 is 0. The summed E-state index contributed by atoms with van der Waals surface area (Å²) in [5.41, 5.74) is 18.9. The number of benzene rings is 4. The first kappa shape index (κ1) is 43.6. The second-order valence-corrected chi connectivity index (χ2v) is 11.4. The largest absolute Gasteiger partial charge is 3.00 e. The summed E-state index contributed by atoms with van der Waals surface area (Å²) in [6, 6.07) is 45.3. The summed E-state index contributed by atoms with van der Waals surface area (Å²) in [6.45, 7) is 8.74. The minimum Gasteiger partial charge on any atom is -0.549 e. The zero-order valence-electron chi connectivity index (χ0n) is 28.8. The van der Waals surface area contributed by atoms with Crippen molar-refractivity contribution in [3.05, 3.63) is 137 Å². The number of hydrogen-bond donors (Lipinski definition) is 3. The predicted octanol–water partition coefficient (Wildman–Crippen LogP) is 2.06. The molecule has 0 atom stereocenters. The fourth-order valence-corrected chi connectivity index (χ4v) is 6.13. The molecule has 1 radical (unpaired) electrons. The van der Waals surface area contributed by atoms with Gasteiger partial charge in [-0.25, -0.2) is 0 Å². The van der Waals surface area contributed by atoms with Gasteiger partial charge >= 0.3 is 17.1 Å². The topological polar surface area (TPSA) is 162 Å². The quantitative estimate of drug-likeness (QED) is 0.119. The zero-order valence-corrected chi connectivity index (χ0v) is 29.9. The third-order valence-corrected chi connectivity index (χ3v) is 8.17. The Hall–Kier alpha value is -4.43. The number of carbonyl (C=O) groups is 1. The average molecular weight is 716 g/mol. The molecule has 0 aromatic heterocycles. The van der Waals surface area contributed by atoms with Crippen LogP contribution in [0.3, 0.4) is 0 Å². The molecule has 1 fully saturated rings. The van der Waals surface area contributed by atoms with Crippen molar-refractivity contribution < 1.29 is 27.0 Å².